The summed E-state index contributed by atoms with van der Waals surface area (Å²) in [6.07, 6.45) is 10.5. The van der Waals surface area contributed by atoms with Crippen molar-refractivity contribution in [2.24, 2.45) is 5.92 Å². The largest absolute Gasteiger partial charge is 0.216 e. The fourth-order valence-electron chi connectivity index (χ4n) is 4.08. The maximum Gasteiger partial charge on any atom is 0.0827 e. The van der Waals surface area contributed by atoms with Crippen LogP contribution in [0.4, 0.5) is 4.39 Å². The molecule has 0 N–H and O–H groups in total. The summed E-state index contributed by atoms with van der Waals surface area (Å²) in [6, 6.07) is 18.1. The average molecular weight is 336 g/mol. The van der Waals surface area contributed by atoms with Gasteiger partial charge in [0.15, 0.2) is 0 Å². The summed E-state index contributed by atoms with van der Waals surface area (Å²) < 4.78 is 12.1. The fraction of sp³-hybridized carbons (Fsp3) is 0.417. The Morgan fingerprint density at radius 1 is 0.880 bits per heavy atom. The summed E-state index contributed by atoms with van der Waals surface area (Å²) in [7, 11) is 0. The maximum atomic E-state index is 12.1. The van der Waals surface area contributed by atoms with Gasteiger partial charge in [0, 0.05) is 0 Å². The summed E-state index contributed by atoms with van der Waals surface area (Å²) in [6.45, 7) is 2.22. The van der Waals surface area contributed by atoms with E-state index in [1.807, 2.05) is 0 Å². The van der Waals surface area contributed by atoms with E-state index >= 15 is 0 Å². The molecule has 0 bridgehead atoms. The minimum atomic E-state index is 0.671. The van der Waals surface area contributed by atoms with Gasteiger partial charge in [0.2, 0.25) is 0 Å². The minimum absolute atomic E-state index is 0.671. The third-order valence-corrected chi connectivity index (χ3v) is 5.61. The molecule has 1 heteroatoms. The van der Waals surface area contributed by atoms with E-state index < -0.39 is 0 Å². The zero-order valence-electron chi connectivity index (χ0n) is 15.3. The molecule has 25 heavy (non-hydrogen) atoms. The van der Waals surface area contributed by atoms with Gasteiger partial charge in [0.1, 0.15) is 0 Å². The highest BCUT2D eigenvalue weighted by molar-refractivity contribution is 5.64. The van der Waals surface area contributed by atoms with Crippen molar-refractivity contribution in [3.05, 3.63) is 72.1 Å². The van der Waals surface area contributed by atoms with E-state index in [0.29, 0.717) is 18.2 Å². The molecule has 1 aliphatic rings. The van der Waals surface area contributed by atoms with Crippen LogP contribution in [0.15, 0.2) is 60.9 Å². The van der Waals surface area contributed by atoms with E-state index in [1.54, 1.807) is 6.08 Å². The first-order chi connectivity index (χ1) is 12.3. The average Bonchev–Trinajstić information content (AvgIpc) is 2.68. The molecule has 0 nitrogen and oxygen atoms in total. The van der Waals surface area contributed by atoms with Crippen molar-refractivity contribution in [1.82, 2.24) is 0 Å². The van der Waals surface area contributed by atoms with E-state index in [4.69, 9.17) is 0 Å². The number of allylic oxidation sites excluding steroid dienone is 1. The molecule has 2 aromatic rings. The standard InChI is InChI=1S/C24H29F/c1-2-4-19-6-10-21(11-7-19)23-14-16-24(17-15-23)22-12-8-20(9-13-22)5-3-18-25/h3,6-7,10-11,14-18,20,22H,2,4-5,8-9,12-13H2,1H3/t20-,22-. The molecule has 0 amide bonds. The van der Waals surface area contributed by atoms with Crippen molar-refractivity contribution in [2.75, 3.05) is 0 Å². The van der Waals surface area contributed by atoms with Crippen molar-refractivity contribution >= 4 is 0 Å². The van der Waals surface area contributed by atoms with E-state index in [2.05, 4.69) is 55.5 Å². The van der Waals surface area contributed by atoms with Crippen LogP contribution >= 0.6 is 0 Å². The number of aryl methyl sites for hydroxylation is 1. The van der Waals surface area contributed by atoms with E-state index in [-0.39, 0.29) is 0 Å². The van der Waals surface area contributed by atoms with Crippen LogP contribution in [0.2, 0.25) is 0 Å². The summed E-state index contributed by atoms with van der Waals surface area (Å²) in [5.41, 5.74) is 5.48. The highest BCUT2D eigenvalue weighted by Crippen LogP contribution is 2.37. The van der Waals surface area contributed by atoms with Gasteiger partial charge in [-0.3, -0.25) is 0 Å². The maximum absolute atomic E-state index is 12.1. The quantitative estimate of drug-likeness (QED) is 0.514. The molecule has 0 atom stereocenters. The van der Waals surface area contributed by atoms with Crippen molar-refractivity contribution in [2.45, 2.75) is 57.8 Å². The zero-order chi connectivity index (χ0) is 17.5. The second kappa shape index (κ2) is 8.99. The van der Waals surface area contributed by atoms with Gasteiger partial charge in [-0.2, -0.15) is 0 Å². The van der Waals surface area contributed by atoms with E-state index in [0.717, 1.165) is 12.8 Å². The van der Waals surface area contributed by atoms with E-state index in [9.17, 15) is 4.39 Å². The molecule has 1 aliphatic carbocycles. The van der Waals surface area contributed by atoms with Crippen LogP contribution in [0.25, 0.3) is 11.1 Å². The fourth-order valence-corrected chi connectivity index (χ4v) is 4.08. The second-order valence-corrected chi connectivity index (χ2v) is 7.38. The molecule has 0 unspecified atom stereocenters. The number of halogens is 1. The Balaban J connectivity index is 1.61. The van der Waals surface area contributed by atoms with Crippen molar-refractivity contribution in [1.29, 1.82) is 0 Å². The lowest BCUT2D eigenvalue weighted by atomic mass is 9.77. The third-order valence-electron chi connectivity index (χ3n) is 5.61. The van der Waals surface area contributed by atoms with Gasteiger partial charge in [0.05, 0.1) is 6.33 Å². The van der Waals surface area contributed by atoms with Gasteiger partial charge in [-0.1, -0.05) is 68.0 Å². The molecule has 0 aliphatic heterocycles. The number of hydrogen-bond acceptors (Lipinski definition) is 0. The van der Waals surface area contributed by atoms with Crippen LogP contribution in [-0.4, -0.2) is 0 Å². The molecule has 0 spiro atoms. The molecule has 132 valence electrons. The first-order valence-corrected chi connectivity index (χ1v) is 9.74. The van der Waals surface area contributed by atoms with Gasteiger partial charge in [-0.15, -0.1) is 0 Å². The number of benzene rings is 2. The van der Waals surface area contributed by atoms with Crippen molar-refractivity contribution < 1.29 is 4.39 Å². The van der Waals surface area contributed by atoms with Gasteiger partial charge in [-0.25, -0.2) is 4.39 Å². The van der Waals surface area contributed by atoms with Gasteiger partial charge in [0.25, 0.3) is 0 Å². The lowest BCUT2D eigenvalue weighted by Crippen LogP contribution is -2.12. The van der Waals surface area contributed by atoms with Gasteiger partial charge in [-0.05, 0) is 72.6 Å². The second-order valence-electron chi connectivity index (χ2n) is 7.38. The Kier molecular flexibility index (Phi) is 6.44. The molecule has 0 radical (unpaired) electrons. The molecule has 0 saturated heterocycles. The first-order valence-electron chi connectivity index (χ1n) is 9.74. The van der Waals surface area contributed by atoms with Crippen molar-refractivity contribution in [3.8, 4) is 11.1 Å². The van der Waals surface area contributed by atoms with Crippen LogP contribution in [-0.2, 0) is 6.42 Å². The molecule has 0 heterocycles. The molecular weight excluding hydrogens is 307 g/mol. The normalized spacial score (nSPS) is 20.9. The van der Waals surface area contributed by atoms with Crippen LogP contribution in [0.3, 0.4) is 0 Å². The summed E-state index contributed by atoms with van der Waals surface area (Å²) in [5.74, 6) is 1.34. The van der Waals surface area contributed by atoms with E-state index in [1.165, 1.54) is 54.4 Å². The Hall–Kier alpha value is -1.89. The molecule has 0 aromatic heterocycles. The Bertz CT molecular complexity index is 658. The molecular formula is C24H29F. The monoisotopic (exact) mass is 336 g/mol. The summed E-state index contributed by atoms with van der Waals surface area (Å²) in [5, 5.41) is 0. The number of rotatable bonds is 6. The van der Waals surface area contributed by atoms with Gasteiger partial charge < -0.3 is 0 Å². The molecule has 3 rings (SSSR count). The Morgan fingerprint density at radius 3 is 2.04 bits per heavy atom. The SMILES string of the molecule is CCCc1ccc(-c2ccc([C@H]3CC[C@H](CC=CF)CC3)cc2)cc1. The highest BCUT2D eigenvalue weighted by Gasteiger charge is 2.21. The molecule has 2 aromatic carbocycles. The molecule has 1 fully saturated rings. The highest BCUT2D eigenvalue weighted by atomic mass is 19.1. The smallest absolute Gasteiger partial charge is 0.0827 e. The van der Waals surface area contributed by atoms with Crippen LogP contribution in [0.5, 0.6) is 0 Å². The lowest BCUT2D eigenvalue weighted by Gasteiger charge is -2.28. The zero-order valence-corrected chi connectivity index (χ0v) is 15.3. The van der Waals surface area contributed by atoms with Gasteiger partial charge >= 0.3 is 0 Å². The lowest BCUT2D eigenvalue weighted by molar-refractivity contribution is 0.327. The predicted octanol–water partition coefficient (Wildman–Crippen LogP) is 7.45. The topological polar surface area (TPSA) is 0 Å². The Labute approximate surface area is 151 Å². The van der Waals surface area contributed by atoms with Crippen LogP contribution in [0, 0.1) is 5.92 Å². The third kappa shape index (κ3) is 4.81. The van der Waals surface area contributed by atoms with Crippen molar-refractivity contribution in [3.63, 3.8) is 0 Å². The van der Waals surface area contributed by atoms with Crippen LogP contribution < -0.4 is 0 Å². The van der Waals surface area contributed by atoms with Crippen LogP contribution in [0.1, 0.15) is 62.5 Å². The summed E-state index contributed by atoms with van der Waals surface area (Å²) in [4.78, 5) is 0. The number of hydrogen-bond donors (Lipinski definition) is 0. The first kappa shape index (κ1) is 17.9. The molecule has 1 saturated carbocycles. The minimum Gasteiger partial charge on any atom is -0.216 e. The predicted molar refractivity (Wildman–Crippen MR) is 105 cm³/mol. The summed E-state index contributed by atoms with van der Waals surface area (Å²) >= 11 is 0. The Morgan fingerprint density at radius 2 is 1.48 bits per heavy atom.